The summed E-state index contributed by atoms with van der Waals surface area (Å²) in [6.07, 6.45) is 0.518. The Kier molecular flexibility index (Phi) is 6.10. The minimum absolute atomic E-state index is 0.0445. The first-order chi connectivity index (χ1) is 13.2. The minimum atomic E-state index is -3.72. The number of hydrogen-bond donors (Lipinski definition) is 2. The molecule has 0 spiro atoms. The molecule has 0 bridgehead atoms. The third-order valence-corrected chi connectivity index (χ3v) is 5.47. The number of sulfonamides is 1. The molecule has 0 aliphatic rings. The van der Waals surface area contributed by atoms with Crippen LogP contribution in [0.1, 0.15) is 16.1 Å². The first-order valence-corrected chi connectivity index (χ1v) is 10.5. The first-order valence-electron chi connectivity index (χ1n) is 8.19. The van der Waals surface area contributed by atoms with Gasteiger partial charge in [0.25, 0.3) is 5.91 Å². The van der Waals surface area contributed by atoms with Crippen molar-refractivity contribution in [3.05, 3.63) is 76.0 Å². The van der Waals surface area contributed by atoms with Crippen molar-refractivity contribution in [1.82, 2.24) is 5.32 Å². The van der Waals surface area contributed by atoms with Crippen molar-refractivity contribution < 1.29 is 17.6 Å². The summed E-state index contributed by atoms with van der Waals surface area (Å²) in [7, 11) is -3.72. The Bertz CT molecular complexity index is 1110. The number of rotatable bonds is 6. The topological polar surface area (TPSA) is 102 Å². The van der Waals surface area contributed by atoms with E-state index in [0.717, 1.165) is 5.56 Å². The molecule has 3 N–H and O–H groups in total. The quantitative estimate of drug-likeness (QED) is 0.609. The zero-order chi connectivity index (χ0) is 20.3. The molecule has 1 amide bonds. The molecule has 0 fully saturated rings. The molecule has 1 aromatic heterocycles. The highest BCUT2D eigenvalue weighted by molar-refractivity contribution is 7.89. The van der Waals surface area contributed by atoms with E-state index in [1.54, 1.807) is 42.5 Å². The van der Waals surface area contributed by atoms with Gasteiger partial charge in [-0.1, -0.05) is 35.3 Å². The predicted molar refractivity (Wildman–Crippen MR) is 108 cm³/mol. The van der Waals surface area contributed by atoms with Crippen molar-refractivity contribution in [2.45, 2.75) is 11.3 Å². The largest absolute Gasteiger partial charge is 0.451 e. The molecular formula is C19H16Cl2N2O4S. The number of halogens is 2. The van der Waals surface area contributed by atoms with Crippen molar-refractivity contribution in [1.29, 1.82) is 0 Å². The normalized spacial score (nSPS) is 11.4. The summed E-state index contributed by atoms with van der Waals surface area (Å²) >= 11 is 12.1. The van der Waals surface area contributed by atoms with Gasteiger partial charge in [0.15, 0.2) is 5.76 Å². The van der Waals surface area contributed by atoms with Gasteiger partial charge < -0.3 is 9.73 Å². The maximum absolute atomic E-state index is 12.3. The number of amides is 1. The molecule has 2 aromatic carbocycles. The second kappa shape index (κ2) is 8.36. The van der Waals surface area contributed by atoms with Gasteiger partial charge in [0.2, 0.25) is 10.0 Å². The van der Waals surface area contributed by atoms with Gasteiger partial charge in [-0.15, -0.1) is 0 Å². The lowest BCUT2D eigenvalue weighted by atomic mass is 10.1. The highest BCUT2D eigenvalue weighted by atomic mass is 35.5. The molecule has 146 valence electrons. The monoisotopic (exact) mass is 438 g/mol. The number of nitrogens with one attached hydrogen (secondary N) is 1. The summed E-state index contributed by atoms with van der Waals surface area (Å²) in [5.41, 5.74) is 1.46. The number of furan rings is 1. The van der Waals surface area contributed by atoms with Gasteiger partial charge in [-0.3, -0.25) is 4.79 Å². The molecule has 0 aliphatic heterocycles. The highest BCUT2D eigenvalue weighted by Gasteiger charge is 2.14. The molecule has 28 heavy (non-hydrogen) atoms. The molecule has 0 unspecified atom stereocenters. The number of nitrogens with two attached hydrogens (primary N) is 1. The zero-order valence-electron chi connectivity index (χ0n) is 14.5. The van der Waals surface area contributed by atoms with Crippen LogP contribution in [0.25, 0.3) is 11.3 Å². The molecule has 0 aliphatic carbocycles. The van der Waals surface area contributed by atoms with E-state index in [9.17, 15) is 13.2 Å². The van der Waals surface area contributed by atoms with Gasteiger partial charge in [-0.2, -0.15) is 0 Å². The van der Waals surface area contributed by atoms with Crippen molar-refractivity contribution in [3.63, 3.8) is 0 Å². The second-order valence-corrected chi connectivity index (χ2v) is 8.39. The summed E-state index contributed by atoms with van der Waals surface area (Å²) in [6.45, 7) is 0.349. The lowest BCUT2D eigenvalue weighted by molar-refractivity contribution is 0.0927. The third-order valence-electron chi connectivity index (χ3n) is 3.97. The molecule has 0 atom stereocenters. The van der Waals surface area contributed by atoms with E-state index in [1.165, 1.54) is 12.1 Å². The minimum Gasteiger partial charge on any atom is -0.451 e. The third kappa shape index (κ3) is 4.94. The van der Waals surface area contributed by atoms with Crippen LogP contribution in [0.15, 0.2) is 63.9 Å². The van der Waals surface area contributed by atoms with Gasteiger partial charge >= 0.3 is 0 Å². The zero-order valence-corrected chi connectivity index (χ0v) is 16.8. The van der Waals surface area contributed by atoms with Crippen LogP contribution >= 0.6 is 23.2 Å². The highest BCUT2D eigenvalue weighted by Crippen LogP contribution is 2.31. The summed E-state index contributed by atoms with van der Waals surface area (Å²) in [4.78, 5) is 12.3. The van der Waals surface area contributed by atoms with Gasteiger partial charge in [-0.05, 0) is 54.4 Å². The van der Waals surface area contributed by atoms with E-state index in [4.69, 9.17) is 32.8 Å². The van der Waals surface area contributed by atoms with E-state index in [-0.39, 0.29) is 16.6 Å². The van der Waals surface area contributed by atoms with Crippen LogP contribution < -0.4 is 10.5 Å². The summed E-state index contributed by atoms with van der Waals surface area (Å²) < 4.78 is 28.1. The molecule has 3 rings (SSSR count). The molecular weight excluding hydrogens is 423 g/mol. The van der Waals surface area contributed by atoms with E-state index in [2.05, 4.69) is 5.32 Å². The molecule has 0 radical (unpaired) electrons. The van der Waals surface area contributed by atoms with Crippen molar-refractivity contribution >= 4 is 39.1 Å². The first kappa shape index (κ1) is 20.4. The number of primary sulfonamides is 1. The maximum atomic E-state index is 12.3. The molecule has 3 aromatic rings. The second-order valence-electron chi connectivity index (χ2n) is 5.98. The number of carbonyl (C=O) groups is 1. The Hall–Kier alpha value is -2.32. The lowest BCUT2D eigenvalue weighted by Crippen LogP contribution is -2.25. The van der Waals surface area contributed by atoms with Gasteiger partial charge in [0.05, 0.1) is 9.92 Å². The van der Waals surface area contributed by atoms with Crippen LogP contribution in [0.3, 0.4) is 0 Å². The standard InChI is InChI=1S/C19H16Cl2N2O4S/c20-13-3-6-16(21)15(11-13)17-7-8-18(27-17)19(24)23-10-9-12-1-4-14(5-2-12)28(22,25)26/h1-8,11H,9-10H2,(H,23,24)(H2,22,25,26). The van der Waals surface area contributed by atoms with Crippen molar-refractivity contribution in [2.75, 3.05) is 6.54 Å². The SMILES string of the molecule is NS(=O)(=O)c1ccc(CCNC(=O)c2ccc(-c3cc(Cl)ccc3Cl)o2)cc1. The molecule has 6 nitrogen and oxygen atoms in total. The Morgan fingerprint density at radius 1 is 1.04 bits per heavy atom. The number of carbonyl (C=O) groups excluding carboxylic acids is 1. The smallest absolute Gasteiger partial charge is 0.287 e. The van der Waals surface area contributed by atoms with Crippen molar-refractivity contribution in [3.8, 4) is 11.3 Å². The molecule has 0 saturated carbocycles. The van der Waals surface area contributed by atoms with Gasteiger partial charge in [0.1, 0.15) is 5.76 Å². The lowest BCUT2D eigenvalue weighted by Gasteiger charge is -2.05. The van der Waals surface area contributed by atoms with E-state index >= 15 is 0 Å². The van der Waals surface area contributed by atoms with Gasteiger partial charge in [-0.25, -0.2) is 13.6 Å². The fourth-order valence-corrected chi connectivity index (χ4v) is 3.44. The van der Waals surface area contributed by atoms with E-state index in [1.807, 2.05) is 0 Å². The summed E-state index contributed by atoms with van der Waals surface area (Å²) in [6, 6.07) is 14.4. The molecule has 0 saturated heterocycles. The van der Waals surface area contributed by atoms with Crippen LogP contribution in [0, 0.1) is 0 Å². The molecule has 1 heterocycles. The Labute approximate surface area is 172 Å². The van der Waals surface area contributed by atoms with Crippen molar-refractivity contribution in [2.24, 2.45) is 5.14 Å². The number of hydrogen-bond acceptors (Lipinski definition) is 4. The number of benzene rings is 2. The Morgan fingerprint density at radius 3 is 2.43 bits per heavy atom. The van der Waals surface area contributed by atoms with Crippen LogP contribution in [0.2, 0.25) is 10.0 Å². The maximum Gasteiger partial charge on any atom is 0.287 e. The average molecular weight is 439 g/mol. The van der Waals surface area contributed by atoms with Crippen LogP contribution in [-0.2, 0) is 16.4 Å². The Morgan fingerprint density at radius 2 is 1.75 bits per heavy atom. The van der Waals surface area contributed by atoms with Crippen LogP contribution in [0.5, 0.6) is 0 Å². The fraction of sp³-hybridized carbons (Fsp3) is 0.105. The van der Waals surface area contributed by atoms with Gasteiger partial charge in [0, 0.05) is 17.1 Å². The van der Waals surface area contributed by atoms with E-state index < -0.39 is 10.0 Å². The summed E-state index contributed by atoms with van der Waals surface area (Å²) in [5, 5.41) is 8.79. The van der Waals surface area contributed by atoms with Crippen LogP contribution in [-0.4, -0.2) is 20.9 Å². The Balaban J connectivity index is 1.60. The summed E-state index contributed by atoms with van der Waals surface area (Å²) in [5.74, 6) is 0.220. The molecule has 9 heteroatoms. The fourth-order valence-electron chi connectivity index (χ4n) is 2.54. The van der Waals surface area contributed by atoms with Crippen LogP contribution in [0.4, 0.5) is 0 Å². The predicted octanol–water partition coefficient (Wildman–Crippen LogP) is 3.87. The average Bonchev–Trinajstić information content (AvgIpc) is 3.13. The van der Waals surface area contributed by atoms with E-state index in [0.29, 0.717) is 34.3 Å².